The summed E-state index contributed by atoms with van der Waals surface area (Å²) in [7, 11) is 0. The van der Waals surface area contributed by atoms with Crippen molar-refractivity contribution in [3.8, 4) is 0 Å². The fraction of sp³-hybridized carbons (Fsp3) is 0. The number of fused-ring (bicyclic) bond motifs is 1. The first-order valence-electron chi connectivity index (χ1n) is 3.06. The van der Waals surface area contributed by atoms with Gasteiger partial charge in [0.25, 0.3) is 0 Å². The molecule has 0 aliphatic rings. The number of nitrogens with zero attached hydrogens (tertiary/aromatic N) is 2. The average Bonchev–Trinajstić information content (AvgIpc) is 2.35. The van der Waals surface area contributed by atoms with Crippen LogP contribution in [-0.2, 0) is 0 Å². The van der Waals surface area contributed by atoms with Gasteiger partial charge in [-0.15, -0.1) is 0 Å². The highest BCUT2D eigenvalue weighted by atomic mass is 79.9. The second kappa shape index (κ2) is 2.50. The number of imidazole rings is 1. The Morgan fingerprint density at radius 1 is 1.55 bits per heavy atom. The van der Waals surface area contributed by atoms with E-state index in [1.54, 1.807) is 6.20 Å². The van der Waals surface area contributed by atoms with Crippen molar-refractivity contribution < 1.29 is 0 Å². The van der Waals surface area contributed by atoms with Crippen LogP contribution in [0.15, 0.2) is 29.3 Å². The molecule has 2 heterocycles. The summed E-state index contributed by atoms with van der Waals surface area (Å²) in [5.41, 5.74) is 0.918. The Balaban J connectivity index is 2.94. The molecule has 0 saturated heterocycles. The average molecular weight is 231 g/mol. The summed E-state index contributed by atoms with van der Waals surface area (Å²) in [5.74, 6) is 0. The minimum atomic E-state index is 0.714. The van der Waals surface area contributed by atoms with Crippen molar-refractivity contribution in [3.05, 3.63) is 34.3 Å². The first-order chi connectivity index (χ1) is 5.29. The molecular weight excluding hydrogens is 227 g/mol. The predicted molar refractivity (Wildman–Crippen MR) is 47.9 cm³/mol. The minimum absolute atomic E-state index is 0.714. The summed E-state index contributed by atoms with van der Waals surface area (Å²) in [6.45, 7) is 0. The van der Waals surface area contributed by atoms with E-state index in [1.807, 2.05) is 22.7 Å². The van der Waals surface area contributed by atoms with Gasteiger partial charge in [0.1, 0.15) is 0 Å². The highest BCUT2D eigenvalue weighted by Crippen LogP contribution is 2.19. The van der Waals surface area contributed by atoms with E-state index >= 15 is 0 Å². The molecule has 56 valence electrons. The molecule has 0 unspecified atom stereocenters. The standard InChI is InChI=1S/C7H4BrClN2/c8-7-10-4-6-5(9)2-1-3-11(6)7/h1-4H. The van der Waals surface area contributed by atoms with E-state index in [4.69, 9.17) is 11.6 Å². The Morgan fingerprint density at radius 3 is 3.09 bits per heavy atom. The van der Waals surface area contributed by atoms with E-state index in [2.05, 4.69) is 20.9 Å². The van der Waals surface area contributed by atoms with Gasteiger partial charge < -0.3 is 0 Å². The van der Waals surface area contributed by atoms with Crippen LogP contribution in [0.5, 0.6) is 0 Å². The maximum absolute atomic E-state index is 5.89. The first kappa shape index (κ1) is 7.13. The largest absolute Gasteiger partial charge is 0.293 e. The molecule has 0 aromatic carbocycles. The fourth-order valence-electron chi connectivity index (χ4n) is 0.956. The van der Waals surface area contributed by atoms with Crippen LogP contribution in [0.4, 0.5) is 0 Å². The summed E-state index contributed by atoms with van der Waals surface area (Å²) in [4.78, 5) is 4.05. The molecule has 0 aliphatic carbocycles. The van der Waals surface area contributed by atoms with Crippen LogP contribution in [-0.4, -0.2) is 9.38 Å². The van der Waals surface area contributed by atoms with Crippen LogP contribution in [0.25, 0.3) is 5.52 Å². The lowest BCUT2D eigenvalue weighted by atomic mass is 10.4. The van der Waals surface area contributed by atoms with E-state index in [-0.39, 0.29) is 0 Å². The zero-order valence-electron chi connectivity index (χ0n) is 5.46. The number of hydrogen-bond acceptors (Lipinski definition) is 1. The molecule has 2 rings (SSSR count). The Bertz CT molecular complexity index is 396. The lowest BCUT2D eigenvalue weighted by Gasteiger charge is -1.94. The molecule has 11 heavy (non-hydrogen) atoms. The second-order valence-corrected chi connectivity index (χ2v) is 3.26. The van der Waals surface area contributed by atoms with Gasteiger partial charge in [-0.3, -0.25) is 4.40 Å². The van der Waals surface area contributed by atoms with Crippen LogP contribution in [0.2, 0.25) is 5.02 Å². The van der Waals surface area contributed by atoms with Gasteiger partial charge in [0.05, 0.1) is 16.7 Å². The van der Waals surface area contributed by atoms with E-state index in [0.717, 1.165) is 10.3 Å². The number of aromatic nitrogens is 2. The zero-order valence-corrected chi connectivity index (χ0v) is 7.80. The number of hydrogen-bond donors (Lipinski definition) is 0. The SMILES string of the molecule is Clc1cccn2c(Br)ncc12. The molecule has 0 fully saturated rings. The molecular formula is C7H4BrClN2. The van der Waals surface area contributed by atoms with Gasteiger partial charge in [0, 0.05) is 6.20 Å². The van der Waals surface area contributed by atoms with Crippen molar-refractivity contribution in [2.24, 2.45) is 0 Å². The van der Waals surface area contributed by atoms with Crippen molar-refractivity contribution in [1.29, 1.82) is 0 Å². The number of rotatable bonds is 0. The van der Waals surface area contributed by atoms with E-state index in [1.165, 1.54) is 0 Å². The molecule has 0 spiro atoms. The van der Waals surface area contributed by atoms with Gasteiger partial charge in [-0.1, -0.05) is 11.6 Å². The molecule has 2 aromatic rings. The number of halogens is 2. The Morgan fingerprint density at radius 2 is 2.36 bits per heavy atom. The highest BCUT2D eigenvalue weighted by Gasteiger charge is 2.01. The van der Waals surface area contributed by atoms with Gasteiger partial charge in [0.2, 0.25) is 0 Å². The zero-order chi connectivity index (χ0) is 7.84. The van der Waals surface area contributed by atoms with Gasteiger partial charge in [-0.25, -0.2) is 4.98 Å². The fourth-order valence-corrected chi connectivity index (χ4v) is 1.58. The third-order valence-corrected chi connectivity index (χ3v) is 2.38. The van der Waals surface area contributed by atoms with Crippen LogP contribution in [0, 0.1) is 0 Å². The van der Waals surface area contributed by atoms with E-state index in [0.29, 0.717) is 5.02 Å². The van der Waals surface area contributed by atoms with Gasteiger partial charge in [0.15, 0.2) is 4.73 Å². The van der Waals surface area contributed by atoms with Crippen molar-refractivity contribution in [2.45, 2.75) is 0 Å². The molecule has 0 amide bonds. The second-order valence-electron chi connectivity index (χ2n) is 2.14. The third-order valence-electron chi connectivity index (χ3n) is 1.47. The normalized spacial score (nSPS) is 10.7. The molecule has 0 N–H and O–H groups in total. The van der Waals surface area contributed by atoms with Crippen molar-refractivity contribution >= 4 is 33.0 Å². The lowest BCUT2D eigenvalue weighted by molar-refractivity contribution is 1.10. The minimum Gasteiger partial charge on any atom is -0.293 e. The van der Waals surface area contributed by atoms with Gasteiger partial charge in [-0.05, 0) is 28.1 Å². The summed E-state index contributed by atoms with van der Waals surface area (Å²) < 4.78 is 2.65. The highest BCUT2D eigenvalue weighted by molar-refractivity contribution is 9.10. The molecule has 0 aliphatic heterocycles. The summed E-state index contributed by atoms with van der Waals surface area (Å²) in [6.07, 6.45) is 3.63. The maximum atomic E-state index is 5.89. The van der Waals surface area contributed by atoms with Gasteiger partial charge in [-0.2, -0.15) is 0 Å². The topological polar surface area (TPSA) is 17.3 Å². The monoisotopic (exact) mass is 230 g/mol. The molecule has 0 atom stereocenters. The molecule has 2 aromatic heterocycles. The quantitative estimate of drug-likeness (QED) is 0.681. The Labute approximate surface area is 76.9 Å². The van der Waals surface area contributed by atoms with E-state index in [9.17, 15) is 0 Å². The van der Waals surface area contributed by atoms with Crippen LogP contribution < -0.4 is 0 Å². The lowest BCUT2D eigenvalue weighted by Crippen LogP contribution is -1.82. The molecule has 0 saturated carbocycles. The summed E-state index contributed by atoms with van der Waals surface area (Å²) in [5, 5.41) is 0.714. The number of pyridine rings is 1. The summed E-state index contributed by atoms with van der Waals surface area (Å²) in [6, 6.07) is 3.72. The molecule has 4 heteroatoms. The van der Waals surface area contributed by atoms with Crippen LogP contribution in [0.3, 0.4) is 0 Å². The van der Waals surface area contributed by atoms with Crippen molar-refractivity contribution in [2.75, 3.05) is 0 Å². The van der Waals surface area contributed by atoms with Crippen molar-refractivity contribution in [1.82, 2.24) is 9.38 Å². The van der Waals surface area contributed by atoms with Crippen LogP contribution in [0.1, 0.15) is 0 Å². The predicted octanol–water partition coefficient (Wildman–Crippen LogP) is 2.75. The van der Waals surface area contributed by atoms with Crippen molar-refractivity contribution in [3.63, 3.8) is 0 Å². The smallest absolute Gasteiger partial charge is 0.181 e. The first-order valence-corrected chi connectivity index (χ1v) is 4.23. The summed E-state index contributed by atoms with van der Waals surface area (Å²) >= 11 is 9.18. The third kappa shape index (κ3) is 1.04. The Hall–Kier alpha value is -0.540. The van der Waals surface area contributed by atoms with Crippen LogP contribution >= 0.6 is 27.5 Å². The Kier molecular flexibility index (Phi) is 1.62. The maximum Gasteiger partial charge on any atom is 0.181 e. The molecule has 2 nitrogen and oxygen atoms in total. The van der Waals surface area contributed by atoms with E-state index < -0.39 is 0 Å². The van der Waals surface area contributed by atoms with Gasteiger partial charge >= 0.3 is 0 Å². The molecule has 0 radical (unpaired) electrons. The molecule has 0 bridgehead atoms.